The highest BCUT2D eigenvalue weighted by atomic mass is 16.5. The average molecular weight is 250 g/mol. The Morgan fingerprint density at radius 2 is 2.00 bits per heavy atom. The summed E-state index contributed by atoms with van der Waals surface area (Å²) >= 11 is 0. The van der Waals surface area contributed by atoms with Gasteiger partial charge in [-0.2, -0.15) is 0 Å². The van der Waals surface area contributed by atoms with Crippen LogP contribution in [-0.4, -0.2) is 32.2 Å². The van der Waals surface area contributed by atoms with Crippen molar-refractivity contribution in [2.45, 2.75) is 13.3 Å². The van der Waals surface area contributed by atoms with E-state index >= 15 is 0 Å². The molecule has 0 saturated carbocycles. The zero-order chi connectivity index (χ0) is 12.8. The lowest BCUT2D eigenvalue weighted by molar-refractivity contribution is -0.118. The number of fused-ring (bicyclic) bond motifs is 1. The summed E-state index contributed by atoms with van der Waals surface area (Å²) in [4.78, 5) is 10.7. The summed E-state index contributed by atoms with van der Waals surface area (Å²) < 4.78 is 11.1. The van der Waals surface area contributed by atoms with Gasteiger partial charge in [0.1, 0.15) is 0 Å². The van der Waals surface area contributed by atoms with Gasteiger partial charge in [0.05, 0.1) is 13.2 Å². The molecule has 0 radical (unpaired) electrons. The van der Waals surface area contributed by atoms with E-state index < -0.39 is 0 Å². The number of nitrogens with one attached hydrogen (secondary N) is 2. The molecule has 98 valence electrons. The average Bonchev–Trinajstić information content (AvgIpc) is 2.59. The summed E-state index contributed by atoms with van der Waals surface area (Å²) in [6.45, 7) is 4.17. The fourth-order valence-electron chi connectivity index (χ4n) is 1.72. The third kappa shape index (κ3) is 3.55. The van der Waals surface area contributed by atoms with E-state index in [1.165, 1.54) is 6.92 Å². The predicted octanol–water partition coefficient (Wildman–Crippen LogP) is 1.40. The maximum absolute atomic E-state index is 10.7. The molecule has 0 fully saturated rings. The van der Waals surface area contributed by atoms with Gasteiger partial charge in [-0.25, -0.2) is 0 Å². The number of rotatable bonds is 4. The molecule has 5 heteroatoms. The molecule has 0 spiro atoms. The van der Waals surface area contributed by atoms with Crippen molar-refractivity contribution in [3.63, 3.8) is 0 Å². The van der Waals surface area contributed by atoms with Gasteiger partial charge in [0.2, 0.25) is 5.91 Å². The molecule has 1 aliphatic heterocycles. The van der Waals surface area contributed by atoms with Crippen LogP contribution in [0.5, 0.6) is 11.5 Å². The zero-order valence-electron chi connectivity index (χ0n) is 10.5. The van der Waals surface area contributed by atoms with Crippen LogP contribution in [-0.2, 0) is 4.79 Å². The monoisotopic (exact) mass is 250 g/mol. The zero-order valence-corrected chi connectivity index (χ0v) is 10.5. The first kappa shape index (κ1) is 12.5. The van der Waals surface area contributed by atoms with E-state index in [9.17, 15) is 4.79 Å². The molecule has 0 aromatic heterocycles. The topological polar surface area (TPSA) is 59.6 Å². The van der Waals surface area contributed by atoms with Gasteiger partial charge < -0.3 is 20.1 Å². The molecule has 1 aromatic rings. The number of hydrogen-bond acceptors (Lipinski definition) is 4. The van der Waals surface area contributed by atoms with Crippen LogP contribution >= 0.6 is 0 Å². The second kappa shape index (κ2) is 6.14. The molecule has 1 aromatic carbocycles. The quantitative estimate of drug-likeness (QED) is 0.793. The molecular formula is C13H18N2O3. The van der Waals surface area contributed by atoms with Crippen LogP contribution in [0.1, 0.15) is 13.3 Å². The Morgan fingerprint density at radius 1 is 1.22 bits per heavy atom. The molecular weight excluding hydrogens is 232 g/mol. The van der Waals surface area contributed by atoms with Gasteiger partial charge in [0.25, 0.3) is 0 Å². The standard InChI is InChI=1S/C13H18N2O3/c1-10(16)14-5-6-15-11-3-4-12-13(9-11)18-8-2-7-17-12/h3-4,9,15H,2,5-8H2,1H3,(H,14,16). The summed E-state index contributed by atoms with van der Waals surface area (Å²) in [5.74, 6) is 1.55. The van der Waals surface area contributed by atoms with E-state index in [0.29, 0.717) is 26.3 Å². The number of anilines is 1. The summed E-state index contributed by atoms with van der Waals surface area (Å²) in [6.07, 6.45) is 0.903. The third-order valence-electron chi connectivity index (χ3n) is 2.58. The summed E-state index contributed by atoms with van der Waals surface area (Å²) in [5, 5.41) is 5.95. The predicted molar refractivity (Wildman–Crippen MR) is 69.2 cm³/mol. The largest absolute Gasteiger partial charge is 0.490 e. The lowest BCUT2D eigenvalue weighted by Crippen LogP contribution is -2.26. The van der Waals surface area contributed by atoms with Crippen LogP contribution in [0.4, 0.5) is 5.69 Å². The lowest BCUT2D eigenvalue weighted by Gasteiger charge is -2.11. The maximum atomic E-state index is 10.7. The highest BCUT2D eigenvalue weighted by Gasteiger charge is 2.10. The highest BCUT2D eigenvalue weighted by Crippen LogP contribution is 2.32. The van der Waals surface area contributed by atoms with Crippen molar-refractivity contribution in [1.82, 2.24) is 5.32 Å². The fraction of sp³-hybridized carbons (Fsp3) is 0.462. The van der Waals surface area contributed by atoms with Crippen molar-refractivity contribution in [3.05, 3.63) is 18.2 Å². The van der Waals surface area contributed by atoms with Crippen molar-refractivity contribution >= 4 is 11.6 Å². The molecule has 0 atom stereocenters. The van der Waals surface area contributed by atoms with Crippen molar-refractivity contribution in [2.75, 3.05) is 31.6 Å². The number of benzene rings is 1. The second-order valence-corrected chi connectivity index (χ2v) is 4.12. The Morgan fingerprint density at radius 3 is 2.78 bits per heavy atom. The van der Waals surface area contributed by atoms with Gasteiger partial charge in [-0.05, 0) is 12.1 Å². The van der Waals surface area contributed by atoms with E-state index in [1.54, 1.807) is 0 Å². The van der Waals surface area contributed by atoms with Crippen molar-refractivity contribution < 1.29 is 14.3 Å². The molecule has 18 heavy (non-hydrogen) atoms. The highest BCUT2D eigenvalue weighted by molar-refractivity contribution is 5.72. The molecule has 1 amide bonds. The minimum absolute atomic E-state index is 0.0181. The SMILES string of the molecule is CC(=O)NCCNc1ccc2c(c1)OCCCO2. The normalized spacial score (nSPS) is 13.6. The summed E-state index contributed by atoms with van der Waals surface area (Å²) in [7, 11) is 0. The lowest BCUT2D eigenvalue weighted by atomic mass is 10.2. The smallest absolute Gasteiger partial charge is 0.216 e. The van der Waals surface area contributed by atoms with E-state index in [2.05, 4.69) is 10.6 Å². The fourth-order valence-corrected chi connectivity index (χ4v) is 1.72. The van der Waals surface area contributed by atoms with Crippen molar-refractivity contribution in [2.24, 2.45) is 0 Å². The van der Waals surface area contributed by atoms with Crippen LogP contribution in [0, 0.1) is 0 Å². The molecule has 1 heterocycles. The Hall–Kier alpha value is -1.91. The number of ether oxygens (including phenoxy) is 2. The molecule has 0 aliphatic carbocycles. The number of hydrogen-bond donors (Lipinski definition) is 2. The Kier molecular flexibility index (Phi) is 4.28. The van der Waals surface area contributed by atoms with Gasteiger partial charge in [-0.1, -0.05) is 0 Å². The molecule has 2 N–H and O–H groups in total. The van der Waals surface area contributed by atoms with Gasteiger partial charge in [-0.3, -0.25) is 4.79 Å². The first-order valence-corrected chi connectivity index (χ1v) is 6.13. The summed E-state index contributed by atoms with van der Waals surface area (Å²) in [5.41, 5.74) is 0.963. The maximum Gasteiger partial charge on any atom is 0.216 e. The molecule has 1 aliphatic rings. The minimum Gasteiger partial charge on any atom is -0.490 e. The molecule has 5 nitrogen and oxygen atoms in total. The minimum atomic E-state index is -0.0181. The molecule has 0 unspecified atom stereocenters. The first-order chi connectivity index (χ1) is 8.75. The van der Waals surface area contributed by atoms with Crippen LogP contribution in [0.25, 0.3) is 0 Å². The Balaban J connectivity index is 1.89. The molecule has 0 saturated heterocycles. The summed E-state index contributed by atoms with van der Waals surface area (Å²) in [6, 6.07) is 5.77. The first-order valence-electron chi connectivity index (χ1n) is 6.13. The Labute approximate surface area is 106 Å². The Bertz CT molecular complexity index is 421. The second-order valence-electron chi connectivity index (χ2n) is 4.12. The van der Waals surface area contributed by atoms with Crippen LogP contribution in [0.2, 0.25) is 0 Å². The van der Waals surface area contributed by atoms with Gasteiger partial charge >= 0.3 is 0 Å². The van der Waals surface area contributed by atoms with Crippen LogP contribution in [0.3, 0.4) is 0 Å². The van der Waals surface area contributed by atoms with Gasteiger partial charge in [0.15, 0.2) is 11.5 Å². The molecule has 0 bridgehead atoms. The van der Waals surface area contributed by atoms with E-state index in [0.717, 1.165) is 23.6 Å². The van der Waals surface area contributed by atoms with Crippen LogP contribution < -0.4 is 20.1 Å². The number of carbonyl (C=O) groups excluding carboxylic acids is 1. The van der Waals surface area contributed by atoms with E-state index in [4.69, 9.17) is 9.47 Å². The van der Waals surface area contributed by atoms with Gasteiger partial charge in [0, 0.05) is 38.2 Å². The van der Waals surface area contributed by atoms with Crippen molar-refractivity contribution in [1.29, 1.82) is 0 Å². The number of carbonyl (C=O) groups is 1. The molecule has 2 rings (SSSR count). The number of amides is 1. The van der Waals surface area contributed by atoms with Crippen molar-refractivity contribution in [3.8, 4) is 11.5 Å². The van der Waals surface area contributed by atoms with E-state index in [1.807, 2.05) is 18.2 Å². The van der Waals surface area contributed by atoms with Crippen LogP contribution in [0.15, 0.2) is 18.2 Å². The van der Waals surface area contributed by atoms with Gasteiger partial charge in [-0.15, -0.1) is 0 Å². The van der Waals surface area contributed by atoms with E-state index in [-0.39, 0.29) is 5.91 Å². The third-order valence-corrected chi connectivity index (χ3v) is 2.58.